The van der Waals surface area contributed by atoms with E-state index in [9.17, 15) is 13.6 Å². The van der Waals surface area contributed by atoms with Crippen molar-refractivity contribution in [2.24, 2.45) is 0 Å². The molecular weight excluding hydrogens is 328 g/mol. The Morgan fingerprint density at radius 2 is 1.75 bits per heavy atom. The average Bonchev–Trinajstić information content (AvgIpc) is 2.41. The SMILES string of the molecule is Cc1ccc(Br)cc1C(=O)Nc1c(F)ccc(C)c1F. The first-order valence-electron chi connectivity index (χ1n) is 5.92. The molecule has 1 N–H and O–H groups in total. The van der Waals surface area contributed by atoms with Gasteiger partial charge in [-0.15, -0.1) is 0 Å². The van der Waals surface area contributed by atoms with Gasteiger partial charge in [-0.2, -0.15) is 0 Å². The van der Waals surface area contributed by atoms with E-state index in [2.05, 4.69) is 21.2 Å². The molecule has 1 amide bonds. The van der Waals surface area contributed by atoms with Gasteiger partial charge in [0.05, 0.1) is 0 Å². The van der Waals surface area contributed by atoms with Crippen molar-refractivity contribution in [2.75, 3.05) is 5.32 Å². The predicted octanol–water partition coefficient (Wildman–Crippen LogP) is 4.60. The third-order valence-electron chi connectivity index (χ3n) is 2.97. The second kappa shape index (κ2) is 5.71. The molecular formula is C15H12BrF2NO. The molecule has 5 heteroatoms. The van der Waals surface area contributed by atoms with E-state index in [1.807, 2.05) is 0 Å². The van der Waals surface area contributed by atoms with Crippen LogP contribution in [0, 0.1) is 25.5 Å². The number of benzene rings is 2. The number of aryl methyl sites for hydroxylation is 2. The summed E-state index contributed by atoms with van der Waals surface area (Å²) in [6.45, 7) is 3.26. The highest BCUT2D eigenvalue weighted by Crippen LogP contribution is 2.23. The molecule has 0 radical (unpaired) electrons. The fourth-order valence-corrected chi connectivity index (χ4v) is 2.15. The van der Waals surface area contributed by atoms with E-state index in [4.69, 9.17) is 0 Å². The topological polar surface area (TPSA) is 29.1 Å². The van der Waals surface area contributed by atoms with Crippen molar-refractivity contribution < 1.29 is 13.6 Å². The Hall–Kier alpha value is -1.75. The van der Waals surface area contributed by atoms with Crippen molar-refractivity contribution in [3.05, 3.63) is 63.1 Å². The van der Waals surface area contributed by atoms with Crippen LogP contribution in [0.25, 0.3) is 0 Å². The Kier molecular flexibility index (Phi) is 4.18. The zero-order valence-corrected chi connectivity index (χ0v) is 12.5. The quantitative estimate of drug-likeness (QED) is 0.851. The highest BCUT2D eigenvalue weighted by molar-refractivity contribution is 9.10. The van der Waals surface area contributed by atoms with Crippen LogP contribution in [-0.2, 0) is 0 Å². The van der Waals surface area contributed by atoms with Crippen molar-refractivity contribution in [1.29, 1.82) is 0 Å². The minimum absolute atomic E-state index is 0.271. The molecule has 2 aromatic rings. The second-order valence-corrected chi connectivity index (χ2v) is 5.38. The zero-order chi connectivity index (χ0) is 14.9. The van der Waals surface area contributed by atoms with Crippen LogP contribution >= 0.6 is 15.9 Å². The molecule has 0 aliphatic heterocycles. The molecule has 0 atom stereocenters. The van der Waals surface area contributed by atoms with Crippen molar-refractivity contribution in [1.82, 2.24) is 0 Å². The van der Waals surface area contributed by atoms with E-state index in [0.29, 0.717) is 5.56 Å². The standard InChI is InChI=1S/C15H12BrF2NO/c1-8-3-5-10(16)7-11(8)15(20)19-14-12(17)6-4-9(2)13(14)18/h3-7H,1-2H3,(H,19,20). The van der Waals surface area contributed by atoms with Crippen LogP contribution < -0.4 is 5.32 Å². The average molecular weight is 340 g/mol. The maximum Gasteiger partial charge on any atom is 0.256 e. The molecule has 0 bridgehead atoms. The third kappa shape index (κ3) is 2.88. The third-order valence-corrected chi connectivity index (χ3v) is 3.46. The number of hydrogen-bond acceptors (Lipinski definition) is 1. The minimum Gasteiger partial charge on any atom is -0.317 e. The van der Waals surface area contributed by atoms with Crippen LogP contribution in [0.1, 0.15) is 21.5 Å². The summed E-state index contributed by atoms with van der Waals surface area (Å²) in [6, 6.07) is 7.60. The Morgan fingerprint density at radius 3 is 2.45 bits per heavy atom. The highest BCUT2D eigenvalue weighted by Gasteiger charge is 2.16. The molecule has 2 aromatic carbocycles. The summed E-state index contributed by atoms with van der Waals surface area (Å²) in [5.74, 6) is -2.10. The molecule has 0 heterocycles. The molecule has 0 aromatic heterocycles. The molecule has 0 spiro atoms. The smallest absolute Gasteiger partial charge is 0.256 e. The van der Waals surface area contributed by atoms with Gasteiger partial charge in [0.15, 0.2) is 5.82 Å². The Morgan fingerprint density at radius 1 is 1.10 bits per heavy atom. The summed E-state index contributed by atoms with van der Waals surface area (Å²) >= 11 is 3.26. The summed E-state index contributed by atoms with van der Waals surface area (Å²) in [5, 5.41) is 2.29. The molecule has 2 rings (SSSR count). The van der Waals surface area contributed by atoms with Crippen LogP contribution in [0.5, 0.6) is 0 Å². The largest absolute Gasteiger partial charge is 0.317 e. The predicted molar refractivity (Wildman–Crippen MR) is 77.9 cm³/mol. The number of hydrogen-bond donors (Lipinski definition) is 1. The normalized spacial score (nSPS) is 10.4. The number of amides is 1. The van der Waals surface area contributed by atoms with Gasteiger partial charge in [0.2, 0.25) is 0 Å². The molecule has 2 nitrogen and oxygen atoms in total. The van der Waals surface area contributed by atoms with E-state index in [-0.39, 0.29) is 5.56 Å². The summed E-state index contributed by atoms with van der Waals surface area (Å²) in [7, 11) is 0. The molecule has 0 aliphatic rings. The van der Waals surface area contributed by atoms with Crippen LogP contribution in [-0.4, -0.2) is 5.91 Å². The van der Waals surface area contributed by atoms with Gasteiger partial charge in [-0.25, -0.2) is 8.78 Å². The Bertz CT molecular complexity index is 686. The summed E-state index contributed by atoms with van der Waals surface area (Å²) in [6.07, 6.45) is 0. The van der Waals surface area contributed by atoms with E-state index >= 15 is 0 Å². The number of carbonyl (C=O) groups is 1. The fraction of sp³-hybridized carbons (Fsp3) is 0.133. The second-order valence-electron chi connectivity index (χ2n) is 4.47. The first kappa shape index (κ1) is 14.7. The highest BCUT2D eigenvalue weighted by atomic mass is 79.9. The van der Waals surface area contributed by atoms with Gasteiger partial charge >= 0.3 is 0 Å². The van der Waals surface area contributed by atoms with E-state index in [1.165, 1.54) is 13.0 Å². The number of carbonyl (C=O) groups excluding carboxylic acids is 1. The van der Waals surface area contributed by atoms with Crippen LogP contribution in [0.2, 0.25) is 0 Å². The molecule has 20 heavy (non-hydrogen) atoms. The van der Waals surface area contributed by atoms with E-state index < -0.39 is 23.2 Å². The molecule has 104 valence electrons. The van der Waals surface area contributed by atoms with E-state index in [0.717, 1.165) is 16.1 Å². The van der Waals surface area contributed by atoms with Crippen LogP contribution in [0.15, 0.2) is 34.8 Å². The van der Waals surface area contributed by atoms with Crippen LogP contribution in [0.3, 0.4) is 0 Å². The van der Waals surface area contributed by atoms with Crippen molar-refractivity contribution in [3.63, 3.8) is 0 Å². The van der Waals surface area contributed by atoms with Gasteiger partial charge < -0.3 is 5.32 Å². The first-order chi connectivity index (χ1) is 9.40. The minimum atomic E-state index is -0.797. The van der Waals surface area contributed by atoms with Gasteiger partial charge in [0.25, 0.3) is 5.91 Å². The lowest BCUT2D eigenvalue weighted by atomic mass is 10.1. The van der Waals surface area contributed by atoms with Gasteiger partial charge in [0, 0.05) is 10.0 Å². The van der Waals surface area contributed by atoms with Crippen molar-refractivity contribution in [2.45, 2.75) is 13.8 Å². The number of halogens is 3. The molecule has 0 unspecified atom stereocenters. The van der Waals surface area contributed by atoms with Gasteiger partial charge in [-0.05, 0) is 43.2 Å². The zero-order valence-electron chi connectivity index (χ0n) is 10.9. The fourth-order valence-electron chi connectivity index (χ4n) is 1.79. The van der Waals surface area contributed by atoms with Gasteiger partial charge in [-0.1, -0.05) is 28.1 Å². The first-order valence-corrected chi connectivity index (χ1v) is 6.71. The summed E-state index contributed by atoms with van der Waals surface area (Å²) in [4.78, 5) is 12.1. The number of nitrogens with one attached hydrogen (secondary N) is 1. The molecule has 0 fully saturated rings. The molecule has 0 saturated carbocycles. The molecule has 0 aliphatic carbocycles. The number of rotatable bonds is 2. The van der Waals surface area contributed by atoms with Crippen molar-refractivity contribution in [3.8, 4) is 0 Å². The lowest BCUT2D eigenvalue weighted by Crippen LogP contribution is -2.16. The van der Waals surface area contributed by atoms with Gasteiger partial charge in [0.1, 0.15) is 11.5 Å². The molecule has 0 saturated heterocycles. The summed E-state index contributed by atoms with van der Waals surface area (Å²) in [5.41, 5.74) is 0.931. The lowest BCUT2D eigenvalue weighted by Gasteiger charge is -2.11. The van der Waals surface area contributed by atoms with Gasteiger partial charge in [-0.3, -0.25) is 4.79 Å². The Labute approximate surface area is 123 Å². The maximum atomic E-state index is 13.9. The number of anilines is 1. The Balaban J connectivity index is 2.38. The lowest BCUT2D eigenvalue weighted by molar-refractivity contribution is 0.102. The van der Waals surface area contributed by atoms with Crippen molar-refractivity contribution >= 4 is 27.5 Å². The maximum absolute atomic E-state index is 13.9. The van der Waals surface area contributed by atoms with E-state index in [1.54, 1.807) is 25.1 Å². The van der Waals surface area contributed by atoms with Crippen LogP contribution in [0.4, 0.5) is 14.5 Å². The monoisotopic (exact) mass is 339 g/mol. The summed E-state index contributed by atoms with van der Waals surface area (Å²) < 4.78 is 28.2.